The van der Waals surface area contributed by atoms with Gasteiger partial charge in [-0.3, -0.25) is 9.36 Å². The maximum absolute atomic E-state index is 13.0. The molecule has 0 fully saturated rings. The zero-order valence-electron chi connectivity index (χ0n) is 49.4. The number of rotatable bonds is 61. The Balaban J connectivity index is 4.04. The predicted molar refractivity (Wildman–Crippen MR) is 312 cm³/mol. The fraction of sp³-hybridized carbons (Fsp3) is 0.984. The van der Waals surface area contributed by atoms with E-state index in [0.29, 0.717) is 23.9 Å². The first kappa shape index (κ1) is 71.5. The van der Waals surface area contributed by atoms with Gasteiger partial charge in [0.2, 0.25) is 5.91 Å². The lowest BCUT2D eigenvalue weighted by atomic mass is 10.0. The molecule has 3 unspecified atom stereocenters. The van der Waals surface area contributed by atoms with Gasteiger partial charge < -0.3 is 28.8 Å². The summed E-state index contributed by atoms with van der Waals surface area (Å²) in [5.74, 6) is -0.154. The van der Waals surface area contributed by atoms with Gasteiger partial charge in [-0.1, -0.05) is 328 Å². The monoisotopic (exact) mass is 1040 g/mol. The highest BCUT2D eigenvalue weighted by Crippen LogP contribution is 2.38. The van der Waals surface area contributed by atoms with Crippen LogP contribution in [-0.4, -0.2) is 68.5 Å². The number of nitrogens with zero attached hydrogens (tertiary/aromatic N) is 1. The minimum Gasteiger partial charge on any atom is -0.756 e. The molecule has 8 nitrogen and oxygen atoms in total. The third-order valence-electron chi connectivity index (χ3n) is 15.3. The normalized spacial score (nSPS) is 13.7. The topological polar surface area (TPSA) is 108 Å². The van der Waals surface area contributed by atoms with E-state index in [1.807, 2.05) is 21.1 Å². The fourth-order valence-electron chi connectivity index (χ4n) is 10.3. The van der Waals surface area contributed by atoms with Crippen molar-refractivity contribution in [3.8, 4) is 0 Å². The van der Waals surface area contributed by atoms with Gasteiger partial charge in [0.05, 0.1) is 39.9 Å². The van der Waals surface area contributed by atoms with Crippen LogP contribution in [0, 0.1) is 0 Å². The largest absolute Gasteiger partial charge is 0.756 e. The molecular formula is C63H129N2O6P. The Labute approximate surface area is 450 Å². The van der Waals surface area contributed by atoms with E-state index in [0.717, 1.165) is 38.5 Å². The van der Waals surface area contributed by atoms with Crippen LogP contribution in [0.2, 0.25) is 0 Å². The number of aliphatic hydroxyl groups is 1. The number of carbonyl (C=O) groups is 1. The Morgan fingerprint density at radius 2 is 0.681 bits per heavy atom. The quantitative estimate of drug-likeness (QED) is 0.0357. The molecular weight excluding hydrogens is 912 g/mol. The lowest BCUT2D eigenvalue weighted by molar-refractivity contribution is -0.870. The van der Waals surface area contributed by atoms with Crippen molar-refractivity contribution < 1.29 is 32.9 Å². The first-order valence-electron chi connectivity index (χ1n) is 32.4. The molecule has 0 radical (unpaired) electrons. The average molecular weight is 1040 g/mol. The lowest BCUT2D eigenvalue weighted by Gasteiger charge is -2.30. The fourth-order valence-corrected chi connectivity index (χ4v) is 11.0. The Kier molecular flexibility index (Phi) is 54.9. The van der Waals surface area contributed by atoms with Crippen LogP contribution in [0.25, 0.3) is 0 Å². The number of phosphoric ester groups is 1. The van der Waals surface area contributed by atoms with Gasteiger partial charge in [-0.05, 0) is 12.8 Å². The number of likely N-dealkylation sites (N-methyl/N-ethyl adjacent to an activating group) is 1. The van der Waals surface area contributed by atoms with E-state index >= 15 is 0 Å². The van der Waals surface area contributed by atoms with Gasteiger partial charge in [0.25, 0.3) is 7.82 Å². The number of amides is 1. The first-order chi connectivity index (χ1) is 35.0. The molecule has 0 bridgehead atoms. The standard InChI is InChI=1S/C63H129N2O6P/c1-6-8-10-12-14-16-18-20-22-24-26-28-30-31-32-33-35-37-39-41-43-45-47-49-51-53-55-57-63(67)64-61(60-71-72(68,69)70-59-58-65(3,4)5)62(66)56-54-52-50-48-46-44-42-40-38-36-34-29-27-25-23-21-19-17-15-13-11-9-7-2/h61-62,66H,6-60H2,1-5H3,(H-,64,67,68,69). The molecule has 0 rings (SSSR count). The molecule has 0 saturated carbocycles. The first-order valence-corrected chi connectivity index (χ1v) is 33.8. The maximum atomic E-state index is 13.0. The van der Waals surface area contributed by atoms with Crippen LogP contribution in [0.5, 0.6) is 0 Å². The molecule has 0 saturated heterocycles. The summed E-state index contributed by atoms with van der Waals surface area (Å²) in [7, 11) is 1.33. The Morgan fingerprint density at radius 1 is 0.431 bits per heavy atom. The van der Waals surface area contributed by atoms with Crippen molar-refractivity contribution >= 4 is 13.7 Å². The molecule has 1 amide bonds. The third kappa shape index (κ3) is 57.2. The van der Waals surface area contributed by atoms with E-state index in [1.54, 1.807) is 0 Å². The summed E-state index contributed by atoms with van der Waals surface area (Å²) in [6.45, 7) is 4.79. The second-order valence-corrected chi connectivity index (χ2v) is 25.3. The number of hydrogen-bond acceptors (Lipinski definition) is 6. The van der Waals surface area contributed by atoms with Crippen molar-refractivity contribution in [1.29, 1.82) is 0 Å². The number of hydrogen-bond donors (Lipinski definition) is 2. The van der Waals surface area contributed by atoms with Crippen molar-refractivity contribution in [3.05, 3.63) is 0 Å². The summed E-state index contributed by atoms with van der Waals surface area (Å²) in [4.78, 5) is 25.6. The minimum atomic E-state index is -4.57. The van der Waals surface area contributed by atoms with Gasteiger partial charge in [0.15, 0.2) is 0 Å². The molecule has 0 aliphatic heterocycles. The van der Waals surface area contributed by atoms with Gasteiger partial charge in [0.1, 0.15) is 13.2 Å². The summed E-state index contributed by atoms with van der Waals surface area (Å²) in [5, 5.41) is 14.1. The summed E-state index contributed by atoms with van der Waals surface area (Å²) >= 11 is 0. The highest BCUT2D eigenvalue weighted by Gasteiger charge is 2.24. The Bertz CT molecular complexity index is 1140. The van der Waals surface area contributed by atoms with Crippen molar-refractivity contribution in [3.63, 3.8) is 0 Å². The molecule has 0 aliphatic carbocycles. The van der Waals surface area contributed by atoms with Crippen molar-refractivity contribution in [2.75, 3.05) is 40.9 Å². The molecule has 0 aromatic heterocycles. The second-order valence-electron chi connectivity index (χ2n) is 23.8. The second kappa shape index (κ2) is 55.3. The van der Waals surface area contributed by atoms with Crippen LogP contribution >= 0.6 is 7.82 Å². The van der Waals surface area contributed by atoms with Crippen LogP contribution < -0.4 is 10.2 Å². The minimum absolute atomic E-state index is 0.0169. The van der Waals surface area contributed by atoms with E-state index < -0.39 is 20.0 Å². The van der Waals surface area contributed by atoms with Gasteiger partial charge in [-0.2, -0.15) is 0 Å². The number of phosphoric acid groups is 1. The lowest BCUT2D eigenvalue weighted by Crippen LogP contribution is -2.46. The van der Waals surface area contributed by atoms with Crippen LogP contribution in [0.3, 0.4) is 0 Å². The summed E-state index contributed by atoms with van der Waals surface area (Å²) in [5.41, 5.74) is 0. The summed E-state index contributed by atoms with van der Waals surface area (Å²) in [6, 6.07) is -0.796. The molecule has 9 heteroatoms. The number of nitrogens with one attached hydrogen (secondary N) is 1. The highest BCUT2D eigenvalue weighted by molar-refractivity contribution is 7.45. The van der Waals surface area contributed by atoms with Crippen LogP contribution in [-0.2, 0) is 18.4 Å². The van der Waals surface area contributed by atoms with Gasteiger partial charge >= 0.3 is 0 Å². The summed E-state index contributed by atoms with van der Waals surface area (Å²) in [6.07, 6.45) is 67.3. The van der Waals surface area contributed by atoms with E-state index in [1.165, 1.54) is 283 Å². The maximum Gasteiger partial charge on any atom is 0.268 e. The molecule has 0 aliphatic rings. The summed E-state index contributed by atoms with van der Waals surface area (Å²) < 4.78 is 23.5. The van der Waals surface area contributed by atoms with Gasteiger partial charge in [-0.25, -0.2) is 0 Å². The number of quaternary nitrogens is 1. The molecule has 0 heterocycles. The van der Waals surface area contributed by atoms with E-state index in [9.17, 15) is 19.4 Å². The molecule has 432 valence electrons. The van der Waals surface area contributed by atoms with Crippen LogP contribution in [0.1, 0.15) is 348 Å². The van der Waals surface area contributed by atoms with Crippen molar-refractivity contribution in [2.45, 2.75) is 360 Å². The SMILES string of the molecule is CCCCCCCCCCCCCCCCCCCCCCCCCCCCCC(=O)NC(COP(=O)([O-])OCC[N+](C)(C)C)C(O)CCCCCCCCCCCCCCCCCCCCCCCCC. The highest BCUT2D eigenvalue weighted by atomic mass is 31.2. The van der Waals surface area contributed by atoms with Crippen LogP contribution in [0.4, 0.5) is 0 Å². The van der Waals surface area contributed by atoms with Crippen LogP contribution in [0.15, 0.2) is 0 Å². The average Bonchev–Trinajstić information content (AvgIpc) is 3.34. The van der Waals surface area contributed by atoms with Crippen molar-refractivity contribution in [1.82, 2.24) is 5.32 Å². The zero-order chi connectivity index (χ0) is 52.7. The molecule has 0 aromatic carbocycles. The molecule has 72 heavy (non-hydrogen) atoms. The molecule has 3 atom stereocenters. The smallest absolute Gasteiger partial charge is 0.268 e. The van der Waals surface area contributed by atoms with Gasteiger partial charge in [-0.15, -0.1) is 0 Å². The number of aliphatic hydroxyl groups excluding tert-OH is 1. The van der Waals surface area contributed by atoms with E-state index in [2.05, 4.69) is 19.2 Å². The van der Waals surface area contributed by atoms with E-state index in [4.69, 9.17) is 9.05 Å². The van der Waals surface area contributed by atoms with E-state index in [-0.39, 0.29) is 19.1 Å². The van der Waals surface area contributed by atoms with Crippen molar-refractivity contribution in [2.24, 2.45) is 0 Å². The third-order valence-corrected chi connectivity index (χ3v) is 16.3. The number of unbranched alkanes of at least 4 members (excludes halogenated alkanes) is 48. The predicted octanol–water partition coefficient (Wildman–Crippen LogP) is 19.4. The zero-order valence-corrected chi connectivity index (χ0v) is 50.3. The van der Waals surface area contributed by atoms with Gasteiger partial charge in [0, 0.05) is 6.42 Å². The molecule has 0 spiro atoms. The number of carbonyl (C=O) groups excluding carboxylic acids is 1. The Morgan fingerprint density at radius 3 is 0.944 bits per heavy atom. The Hall–Kier alpha value is -0.500. The molecule has 2 N–H and O–H groups in total. The molecule has 0 aromatic rings.